The van der Waals surface area contributed by atoms with Crippen LogP contribution in [0.3, 0.4) is 0 Å². The summed E-state index contributed by atoms with van der Waals surface area (Å²) in [5, 5.41) is 0. The highest BCUT2D eigenvalue weighted by atomic mass is 14.1. The molecule has 1 aliphatic rings. The van der Waals surface area contributed by atoms with Crippen molar-refractivity contribution in [2.24, 2.45) is 0 Å². The summed E-state index contributed by atoms with van der Waals surface area (Å²) in [6.45, 7) is 5.89. The van der Waals surface area contributed by atoms with Gasteiger partial charge in [0.15, 0.2) is 0 Å². The Hall–Kier alpha value is -0.780. The fourth-order valence-electron chi connectivity index (χ4n) is 1.79. The Morgan fingerprint density at radius 2 is 1.75 bits per heavy atom. The lowest BCUT2D eigenvalue weighted by atomic mass is 10.0. The number of hydrogen-bond acceptors (Lipinski definition) is 0. The molecule has 0 heteroatoms. The smallest absolute Gasteiger partial charge is 0.0276 e. The second-order valence-electron chi connectivity index (χ2n) is 3.30. The van der Waals surface area contributed by atoms with Crippen molar-refractivity contribution in [2.45, 2.75) is 39.0 Å². The molecular formula is C12H18. The Morgan fingerprint density at radius 1 is 1.08 bits per heavy atom. The van der Waals surface area contributed by atoms with Crippen LogP contribution >= 0.6 is 0 Å². The maximum absolute atomic E-state index is 3.75. The molecule has 1 saturated carbocycles. The Bertz CT molecular complexity index is 206. The van der Waals surface area contributed by atoms with Crippen molar-refractivity contribution >= 4 is 0 Å². The summed E-state index contributed by atoms with van der Waals surface area (Å²) in [6.07, 6.45) is 12.9. The summed E-state index contributed by atoms with van der Waals surface area (Å²) in [5.41, 5.74) is 3.04. The highest BCUT2D eigenvalue weighted by molar-refractivity contribution is 5.33. The van der Waals surface area contributed by atoms with E-state index in [9.17, 15) is 0 Å². The maximum Gasteiger partial charge on any atom is -0.0276 e. The van der Waals surface area contributed by atoms with Crippen LogP contribution in [-0.2, 0) is 0 Å². The van der Waals surface area contributed by atoms with Gasteiger partial charge in [-0.25, -0.2) is 0 Å². The van der Waals surface area contributed by atoms with Crippen molar-refractivity contribution in [2.75, 3.05) is 0 Å². The minimum atomic E-state index is 1.24. The van der Waals surface area contributed by atoms with Gasteiger partial charge in [0, 0.05) is 0 Å². The highest BCUT2D eigenvalue weighted by Gasteiger charge is 2.07. The van der Waals surface area contributed by atoms with E-state index in [0.29, 0.717) is 0 Å². The molecule has 66 valence electrons. The molecule has 0 aromatic heterocycles. The van der Waals surface area contributed by atoms with Crippen molar-refractivity contribution in [1.29, 1.82) is 0 Å². The quantitative estimate of drug-likeness (QED) is 0.511. The molecule has 12 heavy (non-hydrogen) atoms. The molecule has 0 aromatic carbocycles. The Balaban J connectivity index is 2.78. The third kappa shape index (κ3) is 2.37. The summed E-state index contributed by atoms with van der Waals surface area (Å²) >= 11 is 0. The zero-order chi connectivity index (χ0) is 8.81. The average molecular weight is 162 g/mol. The molecule has 0 bridgehead atoms. The van der Waals surface area contributed by atoms with Crippen LogP contribution in [0.1, 0.15) is 39.0 Å². The van der Waals surface area contributed by atoms with Crippen molar-refractivity contribution in [3.05, 3.63) is 36.0 Å². The lowest BCUT2D eigenvalue weighted by molar-refractivity contribution is 0.719. The molecule has 1 aliphatic carbocycles. The third-order valence-corrected chi connectivity index (χ3v) is 2.47. The SMILES string of the molecule is C=CC=C1CCCCCC1=CC. The molecule has 0 heterocycles. The van der Waals surface area contributed by atoms with Crippen LogP contribution in [0.5, 0.6) is 0 Å². The van der Waals surface area contributed by atoms with Gasteiger partial charge in [0.1, 0.15) is 0 Å². The number of hydrogen-bond donors (Lipinski definition) is 0. The number of allylic oxidation sites excluding steroid dienone is 5. The predicted molar refractivity (Wildman–Crippen MR) is 55.1 cm³/mol. The fraction of sp³-hybridized carbons (Fsp3) is 0.500. The molecule has 0 atom stereocenters. The molecule has 0 saturated heterocycles. The van der Waals surface area contributed by atoms with E-state index in [1.54, 1.807) is 0 Å². The van der Waals surface area contributed by atoms with Gasteiger partial charge in [-0.2, -0.15) is 0 Å². The monoisotopic (exact) mass is 162 g/mol. The van der Waals surface area contributed by atoms with E-state index in [1.807, 2.05) is 6.08 Å². The van der Waals surface area contributed by atoms with Gasteiger partial charge in [-0.1, -0.05) is 31.2 Å². The number of rotatable bonds is 1. The summed E-state index contributed by atoms with van der Waals surface area (Å²) in [5.74, 6) is 0. The zero-order valence-electron chi connectivity index (χ0n) is 7.97. The molecule has 0 amide bonds. The summed E-state index contributed by atoms with van der Waals surface area (Å²) in [4.78, 5) is 0. The van der Waals surface area contributed by atoms with Crippen LogP contribution < -0.4 is 0 Å². The van der Waals surface area contributed by atoms with Gasteiger partial charge in [0.2, 0.25) is 0 Å². The van der Waals surface area contributed by atoms with E-state index in [2.05, 4.69) is 25.7 Å². The first-order valence-corrected chi connectivity index (χ1v) is 4.85. The second-order valence-corrected chi connectivity index (χ2v) is 3.30. The molecule has 0 N–H and O–H groups in total. The van der Waals surface area contributed by atoms with Crippen LogP contribution in [0.15, 0.2) is 36.0 Å². The van der Waals surface area contributed by atoms with Crippen LogP contribution in [0.4, 0.5) is 0 Å². The minimum Gasteiger partial charge on any atom is -0.0991 e. The molecule has 0 unspecified atom stereocenters. The van der Waals surface area contributed by atoms with Gasteiger partial charge in [-0.3, -0.25) is 0 Å². The lowest BCUT2D eigenvalue weighted by Crippen LogP contribution is -1.85. The molecule has 1 rings (SSSR count). The summed E-state index contributed by atoms with van der Waals surface area (Å²) < 4.78 is 0. The first-order chi connectivity index (χ1) is 5.88. The zero-order valence-corrected chi connectivity index (χ0v) is 7.97. The Morgan fingerprint density at radius 3 is 2.33 bits per heavy atom. The largest absolute Gasteiger partial charge is 0.0991 e. The molecule has 0 aromatic rings. The van der Waals surface area contributed by atoms with Crippen molar-refractivity contribution in [3.63, 3.8) is 0 Å². The van der Waals surface area contributed by atoms with Crippen LogP contribution in [0, 0.1) is 0 Å². The van der Waals surface area contributed by atoms with Crippen molar-refractivity contribution < 1.29 is 0 Å². The molecule has 0 radical (unpaired) electrons. The standard InChI is InChI=1S/C12H18/c1-3-8-12-10-7-5-6-9-11(12)4-2/h3-4,8H,1,5-7,9-10H2,2H3. The first-order valence-electron chi connectivity index (χ1n) is 4.85. The van der Waals surface area contributed by atoms with Gasteiger partial charge in [-0.15, -0.1) is 0 Å². The summed E-state index contributed by atoms with van der Waals surface area (Å²) in [6, 6.07) is 0. The minimum absolute atomic E-state index is 1.24. The topological polar surface area (TPSA) is 0 Å². The second kappa shape index (κ2) is 4.97. The third-order valence-electron chi connectivity index (χ3n) is 2.47. The van der Waals surface area contributed by atoms with Crippen LogP contribution in [0.25, 0.3) is 0 Å². The molecule has 0 spiro atoms. The molecule has 0 nitrogen and oxygen atoms in total. The molecular weight excluding hydrogens is 144 g/mol. The van der Waals surface area contributed by atoms with Crippen LogP contribution in [-0.4, -0.2) is 0 Å². The van der Waals surface area contributed by atoms with E-state index in [4.69, 9.17) is 0 Å². The van der Waals surface area contributed by atoms with E-state index in [-0.39, 0.29) is 0 Å². The van der Waals surface area contributed by atoms with Gasteiger partial charge in [-0.05, 0) is 43.8 Å². The summed E-state index contributed by atoms with van der Waals surface area (Å²) in [7, 11) is 0. The lowest BCUT2D eigenvalue weighted by Gasteiger charge is -2.05. The van der Waals surface area contributed by atoms with Crippen LogP contribution in [0.2, 0.25) is 0 Å². The fourth-order valence-corrected chi connectivity index (χ4v) is 1.79. The predicted octanol–water partition coefficient (Wildman–Crippen LogP) is 4.01. The van der Waals surface area contributed by atoms with E-state index in [0.717, 1.165) is 0 Å². The van der Waals surface area contributed by atoms with Gasteiger partial charge < -0.3 is 0 Å². The molecule has 0 aliphatic heterocycles. The van der Waals surface area contributed by atoms with Gasteiger partial charge >= 0.3 is 0 Å². The van der Waals surface area contributed by atoms with Crippen molar-refractivity contribution in [1.82, 2.24) is 0 Å². The van der Waals surface area contributed by atoms with E-state index in [1.165, 1.54) is 43.3 Å². The van der Waals surface area contributed by atoms with Gasteiger partial charge in [0.05, 0.1) is 0 Å². The van der Waals surface area contributed by atoms with Gasteiger partial charge in [0.25, 0.3) is 0 Å². The van der Waals surface area contributed by atoms with Crippen molar-refractivity contribution in [3.8, 4) is 0 Å². The molecule has 1 fully saturated rings. The Labute approximate surface area is 75.7 Å². The highest BCUT2D eigenvalue weighted by Crippen LogP contribution is 2.27. The maximum atomic E-state index is 3.75. The first kappa shape index (κ1) is 9.31. The Kier molecular flexibility index (Phi) is 3.86. The van der Waals surface area contributed by atoms with E-state index >= 15 is 0 Å². The van der Waals surface area contributed by atoms with E-state index < -0.39 is 0 Å². The normalized spacial score (nSPS) is 25.8. The average Bonchev–Trinajstić information content (AvgIpc) is 2.30.